The predicted octanol–water partition coefficient (Wildman–Crippen LogP) is 8.12. The summed E-state index contributed by atoms with van der Waals surface area (Å²) in [5, 5.41) is 7.89. The fourth-order valence-corrected chi connectivity index (χ4v) is 9.21. The molecular weight excluding hydrogens is 557 g/mol. The molecule has 46 heavy (non-hydrogen) atoms. The number of aromatic nitrogens is 3. The zero-order valence-electron chi connectivity index (χ0n) is 24.8. The van der Waals surface area contributed by atoms with E-state index in [-0.39, 0.29) is 6.71 Å². The van der Waals surface area contributed by atoms with Gasteiger partial charge in [-0.15, -0.1) is 0 Å². The lowest BCUT2D eigenvalue weighted by Gasteiger charge is -2.34. The molecule has 0 aliphatic carbocycles. The topological polar surface area (TPSA) is 14.8 Å². The predicted molar refractivity (Wildman–Crippen MR) is 194 cm³/mol. The lowest BCUT2D eigenvalue weighted by molar-refractivity contribution is 1.14. The zero-order chi connectivity index (χ0) is 29.7. The van der Waals surface area contributed by atoms with E-state index < -0.39 is 0 Å². The summed E-state index contributed by atoms with van der Waals surface area (Å²) in [6.07, 6.45) is 0. The summed E-state index contributed by atoms with van der Waals surface area (Å²) in [6, 6.07) is 54.1. The van der Waals surface area contributed by atoms with E-state index in [0.717, 1.165) is 0 Å². The largest absolute Gasteiger partial charge is 0.310 e. The van der Waals surface area contributed by atoms with E-state index in [9.17, 15) is 0 Å². The molecule has 5 heterocycles. The maximum atomic E-state index is 2.57. The van der Waals surface area contributed by atoms with Crippen molar-refractivity contribution in [3.05, 3.63) is 146 Å². The molecule has 2 aliphatic rings. The molecule has 0 amide bonds. The fourth-order valence-electron chi connectivity index (χ4n) is 9.21. The second-order valence-corrected chi connectivity index (χ2v) is 12.9. The van der Waals surface area contributed by atoms with Gasteiger partial charge in [0.1, 0.15) is 0 Å². The maximum absolute atomic E-state index is 2.57. The average molecular weight is 581 g/mol. The van der Waals surface area contributed by atoms with Gasteiger partial charge in [-0.25, -0.2) is 0 Å². The molecule has 3 aromatic heterocycles. The molecule has 0 saturated heterocycles. The van der Waals surface area contributed by atoms with Gasteiger partial charge in [0.25, 0.3) is 6.71 Å². The number of hydrogen-bond donors (Lipinski definition) is 0. The maximum Gasteiger partial charge on any atom is 0.253 e. The molecule has 4 heteroatoms. The summed E-state index contributed by atoms with van der Waals surface area (Å²) in [6.45, 7) is 0.0877. The summed E-state index contributed by atoms with van der Waals surface area (Å²) in [5.41, 5.74) is 15.6. The third-order valence-electron chi connectivity index (χ3n) is 10.8. The third kappa shape index (κ3) is 2.54. The SMILES string of the molecule is c1ccc(-n2c3ccccc3c3c4c5c(cc32)c2ccccc2n5-c2cccc3c2B4c2cccc4c5ccccc5n-3c24)cc1. The number of fused-ring (bicyclic) bond motifs is 14. The van der Waals surface area contributed by atoms with Crippen LogP contribution in [0.2, 0.25) is 0 Å². The van der Waals surface area contributed by atoms with Crippen molar-refractivity contribution in [2.75, 3.05) is 0 Å². The standard InChI is InChI=1S/C42H24BN3/c1-2-12-25(13-3-1)44-34-21-9-6-16-29(34)38-37(44)24-30-27-15-5-8-20-33(27)46-36-23-11-22-35-39(36)43(40(38)42(30)46)31-18-10-17-28-26-14-4-7-19-32(26)45(35)41(28)31/h1-24H. The van der Waals surface area contributed by atoms with E-state index >= 15 is 0 Å². The molecule has 0 unspecified atom stereocenters. The van der Waals surface area contributed by atoms with Crippen molar-refractivity contribution < 1.29 is 0 Å². The lowest BCUT2D eigenvalue weighted by Crippen LogP contribution is -2.59. The van der Waals surface area contributed by atoms with Gasteiger partial charge >= 0.3 is 0 Å². The van der Waals surface area contributed by atoms with E-state index in [4.69, 9.17) is 0 Å². The number of benzene rings is 7. The Balaban J connectivity index is 1.39. The van der Waals surface area contributed by atoms with Gasteiger partial charge in [0.05, 0.1) is 27.6 Å². The molecule has 0 radical (unpaired) electrons. The minimum Gasteiger partial charge on any atom is -0.310 e. The molecule has 3 nitrogen and oxygen atoms in total. The normalized spacial score (nSPS) is 13.2. The summed E-state index contributed by atoms with van der Waals surface area (Å²) < 4.78 is 7.59. The average Bonchev–Trinajstić information content (AvgIpc) is 3.75. The van der Waals surface area contributed by atoms with Crippen LogP contribution in [0.25, 0.3) is 82.5 Å². The molecule has 2 aliphatic heterocycles. The van der Waals surface area contributed by atoms with Crippen LogP contribution in [-0.2, 0) is 0 Å². The number of hydrogen-bond acceptors (Lipinski definition) is 0. The van der Waals surface area contributed by atoms with Crippen molar-refractivity contribution in [3.63, 3.8) is 0 Å². The van der Waals surface area contributed by atoms with Gasteiger partial charge in [0.2, 0.25) is 0 Å². The molecule has 0 N–H and O–H groups in total. The second kappa shape index (κ2) is 7.98. The van der Waals surface area contributed by atoms with Gasteiger partial charge in [0.15, 0.2) is 0 Å². The van der Waals surface area contributed by atoms with Crippen LogP contribution < -0.4 is 16.4 Å². The van der Waals surface area contributed by atoms with Crippen molar-refractivity contribution in [1.29, 1.82) is 0 Å². The molecule has 0 atom stereocenters. The molecule has 210 valence electrons. The van der Waals surface area contributed by atoms with Crippen molar-refractivity contribution in [3.8, 4) is 17.1 Å². The van der Waals surface area contributed by atoms with E-state index in [2.05, 4.69) is 159 Å². The Morgan fingerprint density at radius 3 is 1.67 bits per heavy atom. The van der Waals surface area contributed by atoms with Crippen LogP contribution in [0.4, 0.5) is 0 Å². The summed E-state index contributed by atoms with van der Waals surface area (Å²) in [4.78, 5) is 0. The Labute approximate surface area is 264 Å². The molecule has 10 aromatic rings. The first-order valence-electron chi connectivity index (χ1n) is 16.1. The van der Waals surface area contributed by atoms with Gasteiger partial charge in [-0.2, -0.15) is 0 Å². The molecule has 0 bridgehead atoms. The molecule has 0 spiro atoms. The second-order valence-electron chi connectivity index (χ2n) is 12.9. The van der Waals surface area contributed by atoms with Crippen molar-refractivity contribution in [2.24, 2.45) is 0 Å². The molecule has 0 fully saturated rings. The Hall–Kier alpha value is -6.00. The van der Waals surface area contributed by atoms with Crippen molar-refractivity contribution in [2.45, 2.75) is 0 Å². The van der Waals surface area contributed by atoms with Crippen LogP contribution in [0.1, 0.15) is 0 Å². The number of nitrogens with zero attached hydrogens (tertiary/aromatic N) is 3. The van der Waals surface area contributed by atoms with E-state index in [1.165, 1.54) is 98.9 Å². The summed E-state index contributed by atoms with van der Waals surface area (Å²) in [7, 11) is 0. The van der Waals surface area contributed by atoms with Crippen LogP contribution in [0.15, 0.2) is 146 Å². The van der Waals surface area contributed by atoms with Crippen LogP contribution >= 0.6 is 0 Å². The molecular formula is C42H24BN3. The minimum atomic E-state index is 0.0877. The van der Waals surface area contributed by atoms with Gasteiger partial charge in [-0.3, -0.25) is 0 Å². The van der Waals surface area contributed by atoms with Crippen molar-refractivity contribution in [1.82, 2.24) is 13.7 Å². The molecule has 0 saturated carbocycles. The first-order valence-corrected chi connectivity index (χ1v) is 16.1. The van der Waals surface area contributed by atoms with Crippen LogP contribution in [0.3, 0.4) is 0 Å². The third-order valence-corrected chi connectivity index (χ3v) is 10.8. The highest BCUT2D eigenvalue weighted by Gasteiger charge is 2.42. The zero-order valence-corrected chi connectivity index (χ0v) is 24.8. The van der Waals surface area contributed by atoms with Crippen LogP contribution in [-0.4, -0.2) is 20.4 Å². The van der Waals surface area contributed by atoms with E-state index in [0.29, 0.717) is 0 Å². The summed E-state index contributed by atoms with van der Waals surface area (Å²) in [5.74, 6) is 0. The van der Waals surface area contributed by atoms with Gasteiger partial charge in [0, 0.05) is 54.9 Å². The Morgan fingerprint density at radius 1 is 0.370 bits per heavy atom. The van der Waals surface area contributed by atoms with Gasteiger partial charge in [-0.1, -0.05) is 97.1 Å². The van der Waals surface area contributed by atoms with Crippen LogP contribution in [0, 0.1) is 0 Å². The lowest BCUT2D eigenvalue weighted by atomic mass is 9.33. The Kier molecular flexibility index (Phi) is 4.06. The number of rotatable bonds is 1. The Bertz CT molecular complexity index is 2980. The smallest absolute Gasteiger partial charge is 0.253 e. The fraction of sp³-hybridized carbons (Fsp3) is 0. The minimum absolute atomic E-state index is 0.0877. The van der Waals surface area contributed by atoms with Crippen LogP contribution in [0.5, 0.6) is 0 Å². The Morgan fingerprint density at radius 2 is 0.935 bits per heavy atom. The van der Waals surface area contributed by atoms with Gasteiger partial charge < -0.3 is 13.7 Å². The van der Waals surface area contributed by atoms with Gasteiger partial charge in [-0.05, 0) is 64.9 Å². The number of para-hydroxylation sites is 5. The highest BCUT2D eigenvalue weighted by Crippen LogP contribution is 2.42. The molecule has 12 rings (SSSR count). The molecule has 7 aromatic carbocycles. The monoisotopic (exact) mass is 581 g/mol. The van der Waals surface area contributed by atoms with Crippen molar-refractivity contribution >= 4 is 88.5 Å². The first kappa shape index (κ1) is 23.4. The highest BCUT2D eigenvalue weighted by molar-refractivity contribution is 7.02. The quantitative estimate of drug-likeness (QED) is 0.174. The van der Waals surface area contributed by atoms with E-state index in [1.54, 1.807) is 0 Å². The summed E-state index contributed by atoms with van der Waals surface area (Å²) >= 11 is 0. The highest BCUT2D eigenvalue weighted by atomic mass is 15.0. The van der Waals surface area contributed by atoms with E-state index in [1.807, 2.05) is 0 Å². The first-order chi connectivity index (χ1) is 22.9.